The number of fused-ring (bicyclic) bond motifs is 2. The molecule has 2 heterocycles. The predicted molar refractivity (Wildman–Crippen MR) is 133 cm³/mol. The van der Waals surface area contributed by atoms with Crippen molar-refractivity contribution in [2.75, 3.05) is 6.54 Å². The average Bonchev–Trinajstić information content (AvgIpc) is 3.06. The van der Waals surface area contributed by atoms with E-state index in [1.807, 2.05) is 12.1 Å². The van der Waals surface area contributed by atoms with Crippen LogP contribution < -0.4 is 5.32 Å². The Hall–Kier alpha value is -1.55. The van der Waals surface area contributed by atoms with Gasteiger partial charge in [-0.05, 0) is 74.5 Å². The van der Waals surface area contributed by atoms with E-state index in [4.69, 9.17) is 0 Å². The van der Waals surface area contributed by atoms with Crippen molar-refractivity contribution in [3.05, 3.63) is 29.8 Å². The number of carbonyl (C=O) groups excluding carboxylic acids is 1. The Morgan fingerprint density at radius 3 is 2.27 bits per heavy atom. The molecule has 4 fully saturated rings. The molecule has 1 aromatic rings. The fourth-order valence-electron chi connectivity index (χ4n) is 7.57. The Morgan fingerprint density at radius 1 is 0.939 bits per heavy atom. The monoisotopic (exact) mass is 452 g/mol. The highest BCUT2D eigenvalue weighted by Gasteiger charge is 2.42. The molecule has 33 heavy (non-hydrogen) atoms. The quantitative estimate of drug-likeness (QED) is 0.522. The Balaban J connectivity index is 1.24. The third-order valence-corrected chi connectivity index (χ3v) is 9.32. The Kier molecular flexibility index (Phi) is 7.59. The molecular formula is C29H44N2O2. The van der Waals surface area contributed by atoms with Crippen LogP contribution in [0.2, 0.25) is 0 Å². The highest BCUT2D eigenvalue weighted by molar-refractivity contribution is 5.79. The van der Waals surface area contributed by atoms with E-state index in [9.17, 15) is 9.90 Å². The number of hydrogen-bond acceptors (Lipinski definition) is 3. The smallest absolute Gasteiger partial charge is 0.223 e. The second kappa shape index (κ2) is 10.8. The van der Waals surface area contributed by atoms with Crippen molar-refractivity contribution in [1.29, 1.82) is 0 Å². The van der Waals surface area contributed by atoms with Crippen LogP contribution in [-0.2, 0) is 4.79 Å². The van der Waals surface area contributed by atoms with E-state index in [0.29, 0.717) is 35.7 Å². The van der Waals surface area contributed by atoms with Gasteiger partial charge in [0.2, 0.25) is 5.91 Å². The van der Waals surface area contributed by atoms with Gasteiger partial charge < -0.3 is 10.4 Å². The molecule has 2 aliphatic heterocycles. The molecule has 0 spiro atoms. The lowest BCUT2D eigenvalue weighted by Crippen LogP contribution is -2.52. The van der Waals surface area contributed by atoms with Crippen molar-refractivity contribution in [1.82, 2.24) is 10.2 Å². The van der Waals surface area contributed by atoms with Gasteiger partial charge in [-0.25, -0.2) is 0 Å². The highest BCUT2D eigenvalue weighted by atomic mass is 16.3. The summed E-state index contributed by atoms with van der Waals surface area (Å²) in [7, 11) is 0. The van der Waals surface area contributed by atoms with E-state index in [1.165, 1.54) is 89.0 Å². The topological polar surface area (TPSA) is 52.6 Å². The Labute approximate surface area is 200 Å². The van der Waals surface area contributed by atoms with Gasteiger partial charge in [0.05, 0.1) is 0 Å². The van der Waals surface area contributed by atoms with Gasteiger partial charge >= 0.3 is 0 Å². The number of carbonyl (C=O) groups is 1. The largest absolute Gasteiger partial charge is 0.508 e. The second-order valence-electron chi connectivity index (χ2n) is 11.6. The lowest BCUT2D eigenvalue weighted by Gasteiger charge is -2.42. The molecule has 0 radical (unpaired) electrons. The van der Waals surface area contributed by atoms with Gasteiger partial charge in [-0.1, -0.05) is 63.5 Å². The summed E-state index contributed by atoms with van der Waals surface area (Å²) in [6.45, 7) is 1.04. The summed E-state index contributed by atoms with van der Waals surface area (Å²) in [4.78, 5) is 16.0. The number of hydrogen-bond donors (Lipinski definition) is 2. The molecule has 2 aliphatic carbocycles. The number of rotatable bonds is 7. The van der Waals surface area contributed by atoms with E-state index in [2.05, 4.69) is 16.3 Å². The maximum Gasteiger partial charge on any atom is 0.223 e. The minimum atomic E-state index is 0.251. The van der Waals surface area contributed by atoms with Crippen LogP contribution in [0.5, 0.6) is 5.75 Å². The van der Waals surface area contributed by atoms with Gasteiger partial charge in [-0.3, -0.25) is 9.69 Å². The van der Waals surface area contributed by atoms with Crippen LogP contribution in [0.25, 0.3) is 0 Å². The SMILES string of the molecule is O=C(NC(CC1CCCCC1)CN1C2CCC1CC(c1cccc(O)c1)C2)C1CCCCC1. The Morgan fingerprint density at radius 2 is 1.61 bits per heavy atom. The van der Waals surface area contributed by atoms with Crippen molar-refractivity contribution in [2.45, 2.75) is 120 Å². The molecule has 5 rings (SSSR count). The molecule has 4 heteroatoms. The van der Waals surface area contributed by atoms with Gasteiger partial charge in [0.1, 0.15) is 5.75 Å². The molecule has 4 aliphatic rings. The fraction of sp³-hybridized carbons (Fsp3) is 0.759. The molecule has 2 saturated heterocycles. The number of piperidine rings is 1. The molecule has 2 N–H and O–H groups in total. The average molecular weight is 453 g/mol. The lowest BCUT2D eigenvalue weighted by atomic mass is 9.82. The number of phenols is 1. The zero-order chi connectivity index (χ0) is 22.6. The van der Waals surface area contributed by atoms with Gasteiger partial charge in [-0.15, -0.1) is 0 Å². The molecule has 4 nitrogen and oxygen atoms in total. The van der Waals surface area contributed by atoms with Crippen LogP contribution in [0.3, 0.4) is 0 Å². The number of nitrogens with zero attached hydrogens (tertiary/aromatic N) is 1. The minimum absolute atomic E-state index is 0.251. The minimum Gasteiger partial charge on any atom is -0.508 e. The number of aromatic hydroxyl groups is 1. The summed E-state index contributed by atoms with van der Waals surface area (Å²) in [5.41, 5.74) is 1.30. The number of benzene rings is 1. The van der Waals surface area contributed by atoms with E-state index < -0.39 is 0 Å². The van der Waals surface area contributed by atoms with Crippen LogP contribution in [-0.4, -0.2) is 40.6 Å². The summed E-state index contributed by atoms with van der Waals surface area (Å²) >= 11 is 0. The predicted octanol–water partition coefficient (Wildman–Crippen LogP) is 6.14. The maximum atomic E-state index is 13.2. The third kappa shape index (κ3) is 5.75. The standard InChI is InChI=1S/C29H44N2O2/c32-28-13-7-12-23(19-28)24-17-26-14-15-27(18-24)31(26)20-25(16-21-8-3-1-4-9-21)30-29(33)22-10-5-2-6-11-22/h7,12-13,19,21-22,24-27,32H,1-6,8-11,14-18,20H2,(H,30,33). The van der Waals surface area contributed by atoms with Crippen molar-refractivity contribution in [2.24, 2.45) is 11.8 Å². The molecule has 0 aromatic heterocycles. The second-order valence-corrected chi connectivity index (χ2v) is 11.6. The first-order valence-electron chi connectivity index (χ1n) is 14.0. The molecular weight excluding hydrogens is 408 g/mol. The summed E-state index contributed by atoms with van der Waals surface area (Å²) in [6, 6.07) is 9.47. The number of phenolic OH excluding ortho intramolecular Hbond substituents is 1. The Bertz CT molecular complexity index is 770. The van der Waals surface area contributed by atoms with Gasteiger partial charge in [0.15, 0.2) is 0 Å². The summed E-state index contributed by atoms with van der Waals surface area (Å²) in [6.07, 6.45) is 18.9. The normalized spacial score (nSPS) is 30.2. The van der Waals surface area contributed by atoms with E-state index in [1.54, 1.807) is 6.07 Å². The number of nitrogens with one attached hydrogen (secondary N) is 1. The van der Waals surface area contributed by atoms with Crippen LogP contribution >= 0.6 is 0 Å². The first-order valence-corrected chi connectivity index (χ1v) is 14.0. The van der Waals surface area contributed by atoms with Crippen molar-refractivity contribution < 1.29 is 9.90 Å². The molecule has 1 amide bonds. The van der Waals surface area contributed by atoms with Crippen LogP contribution in [0, 0.1) is 11.8 Å². The van der Waals surface area contributed by atoms with Crippen molar-refractivity contribution >= 4 is 5.91 Å². The fourth-order valence-corrected chi connectivity index (χ4v) is 7.57. The first-order chi connectivity index (χ1) is 16.2. The van der Waals surface area contributed by atoms with Crippen molar-refractivity contribution in [3.8, 4) is 5.75 Å². The lowest BCUT2D eigenvalue weighted by molar-refractivity contribution is -0.127. The van der Waals surface area contributed by atoms with E-state index in [-0.39, 0.29) is 5.92 Å². The summed E-state index contributed by atoms with van der Waals surface area (Å²) < 4.78 is 0. The maximum absolute atomic E-state index is 13.2. The molecule has 2 bridgehead atoms. The molecule has 2 saturated carbocycles. The summed E-state index contributed by atoms with van der Waals surface area (Å²) in [5, 5.41) is 13.5. The van der Waals surface area contributed by atoms with Gasteiger partial charge in [0.25, 0.3) is 0 Å². The van der Waals surface area contributed by atoms with Gasteiger partial charge in [0, 0.05) is 30.6 Å². The first kappa shape index (κ1) is 23.2. The van der Waals surface area contributed by atoms with Crippen LogP contribution in [0.15, 0.2) is 24.3 Å². The van der Waals surface area contributed by atoms with E-state index >= 15 is 0 Å². The molecule has 3 unspecified atom stereocenters. The van der Waals surface area contributed by atoms with Crippen LogP contribution in [0.1, 0.15) is 108 Å². The molecule has 182 valence electrons. The molecule has 3 atom stereocenters. The van der Waals surface area contributed by atoms with E-state index in [0.717, 1.165) is 25.3 Å². The third-order valence-electron chi connectivity index (χ3n) is 9.32. The van der Waals surface area contributed by atoms with Gasteiger partial charge in [-0.2, -0.15) is 0 Å². The van der Waals surface area contributed by atoms with Crippen LogP contribution in [0.4, 0.5) is 0 Å². The highest BCUT2D eigenvalue weighted by Crippen LogP contribution is 2.44. The number of amides is 1. The van der Waals surface area contributed by atoms with Crippen molar-refractivity contribution in [3.63, 3.8) is 0 Å². The zero-order valence-electron chi connectivity index (χ0n) is 20.4. The summed E-state index contributed by atoms with van der Waals surface area (Å²) in [5.74, 6) is 2.33. The zero-order valence-corrected chi connectivity index (χ0v) is 20.4. The molecule has 1 aromatic carbocycles.